The minimum atomic E-state index is 0.236. The topological polar surface area (TPSA) is 26.3 Å². The average molecular weight is 365 g/mol. The Hall–Kier alpha value is -0.630. The molecule has 0 aliphatic heterocycles. The number of unbranched alkanes of at least 4 members (excludes halogenated alkanes) is 9. The smallest absolute Gasteiger partial charge is 0.158 e. The summed E-state index contributed by atoms with van der Waals surface area (Å²) in [6.07, 6.45) is 17.4. The molecule has 0 bridgehead atoms. The van der Waals surface area contributed by atoms with Crippen molar-refractivity contribution >= 4 is 5.78 Å². The molecule has 0 N–H and O–H groups in total. The van der Waals surface area contributed by atoms with Crippen LogP contribution in [0.4, 0.5) is 0 Å². The summed E-state index contributed by atoms with van der Waals surface area (Å²) in [6, 6.07) is 0. The second kappa shape index (κ2) is 13.5. The number of hydrogen-bond donors (Lipinski definition) is 0. The third kappa shape index (κ3) is 9.35. The van der Waals surface area contributed by atoms with Crippen molar-refractivity contribution in [1.29, 1.82) is 0 Å². The minimum absolute atomic E-state index is 0.236. The van der Waals surface area contributed by atoms with Crippen LogP contribution in [0.15, 0.2) is 11.1 Å². The van der Waals surface area contributed by atoms with Crippen LogP contribution in [0.1, 0.15) is 118 Å². The minimum Gasteiger partial charge on any atom is -0.381 e. The lowest BCUT2D eigenvalue weighted by atomic mass is 9.70. The van der Waals surface area contributed by atoms with Gasteiger partial charge < -0.3 is 4.74 Å². The molecule has 2 nitrogen and oxygen atoms in total. The van der Waals surface area contributed by atoms with Crippen molar-refractivity contribution in [3.05, 3.63) is 11.1 Å². The van der Waals surface area contributed by atoms with E-state index in [1.807, 2.05) is 0 Å². The highest BCUT2D eigenvalue weighted by Gasteiger charge is 2.31. The first-order chi connectivity index (χ1) is 12.5. The van der Waals surface area contributed by atoms with Crippen molar-refractivity contribution in [2.24, 2.45) is 5.41 Å². The largest absolute Gasteiger partial charge is 0.381 e. The van der Waals surface area contributed by atoms with Crippen LogP contribution in [0.3, 0.4) is 0 Å². The van der Waals surface area contributed by atoms with Crippen molar-refractivity contribution in [3.8, 4) is 0 Å². The molecule has 0 spiro atoms. The summed E-state index contributed by atoms with van der Waals surface area (Å²) in [6.45, 7) is 10.7. The Bertz CT molecular complexity index is 420. The fourth-order valence-corrected chi connectivity index (χ4v) is 4.13. The molecular formula is C24H44O2. The Morgan fingerprint density at radius 3 is 1.96 bits per heavy atom. The Kier molecular flexibility index (Phi) is 12.2. The maximum absolute atomic E-state index is 12.0. The van der Waals surface area contributed by atoms with E-state index in [4.69, 9.17) is 4.74 Å². The summed E-state index contributed by atoms with van der Waals surface area (Å²) >= 11 is 0. The number of carbonyl (C=O) groups is 1. The van der Waals surface area contributed by atoms with Crippen molar-refractivity contribution in [3.63, 3.8) is 0 Å². The lowest BCUT2D eigenvalue weighted by molar-refractivity contribution is -0.116. The SMILES string of the molecule is CCCOCCCCCCCCCCCCC1=C(C)C(=O)CCC1(C)C. The molecule has 0 saturated carbocycles. The summed E-state index contributed by atoms with van der Waals surface area (Å²) in [5.41, 5.74) is 2.75. The van der Waals surface area contributed by atoms with Crippen LogP contribution >= 0.6 is 0 Å². The van der Waals surface area contributed by atoms with E-state index < -0.39 is 0 Å². The molecule has 0 fully saturated rings. The zero-order chi connectivity index (χ0) is 19.3. The van der Waals surface area contributed by atoms with Gasteiger partial charge in [-0.1, -0.05) is 77.7 Å². The molecule has 1 aliphatic rings. The number of rotatable bonds is 15. The van der Waals surface area contributed by atoms with Gasteiger partial charge in [0.1, 0.15) is 0 Å². The Labute approximate surface area is 163 Å². The van der Waals surface area contributed by atoms with E-state index in [1.54, 1.807) is 0 Å². The Morgan fingerprint density at radius 1 is 0.846 bits per heavy atom. The summed E-state index contributed by atoms with van der Waals surface area (Å²) in [5.74, 6) is 0.385. The Morgan fingerprint density at radius 2 is 1.38 bits per heavy atom. The molecule has 0 atom stereocenters. The van der Waals surface area contributed by atoms with Gasteiger partial charge in [0.05, 0.1) is 0 Å². The third-order valence-corrected chi connectivity index (χ3v) is 5.98. The highest BCUT2D eigenvalue weighted by atomic mass is 16.5. The zero-order valence-corrected chi connectivity index (χ0v) is 18.1. The van der Waals surface area contributed by atoms with E-state index in [-0.39, 0.29) is 5.41 Å². The van der Waals surface area contributed by atoms with Crippen molar-refractivity contribution in [1.82, 2.24) is 0 Å². The van der Waals surface area contributed by atoms with Crippen LogP contribution in [-0.4, -0.2) is 19.0 Å². The van der Waals surface area contributed by atoms with E-state index in [2.05, 4.69) is 27.7 Å². The number of ether oxygens (including phenoxy) is 1. The first-order valence-electron chi connectivity index (χ1n) is 11.3. The summed E-state index contributed by atoms with van der Waals surface area (Å²) in [4.78, 5) is 12.0. The number of hydrogen-bond acceptors (Lipinski definition) is 2. The molecule has 2 heteroatoms. The molecular weight excluding hydrogens is 320 g/mol. The van der Waals surface area contributed by atoms with Crippen LogP contribution in [0.2, 0.25) is 0 Å². The van der Waals surface area contributed by atoms with E-state index >= 15 is 0 Å². The van der Waals surface area contributed by atoms with E-state index in [0.717, 1.165) is 44.5 Å². The Balaban J connectivity index is 1.96. The van der Waals surface area contributed by atoms with Crippen molar-refractivity contribution in [2.45, 2.75) is 118 Å². The molecule has 0 aromatic heterocycles. The van der Waals surface area contributed by atoms with Crippen LogP contribution in [0.5, 0.6) is 0 Å². The van der Waals surface area contributed by atoms with Crippen molar-refractivity contribution < 1.29 is 9.53 Å². The van der Waals surface area contributed by atoms with Gasteiger partial charge in [0.2, 0.25) is 0 Å². The molecule has 1 aliphatic carbocycles. The van der Waals surface area contributed by atoms with Crippen LogP contribution < -0.4 is 0 Å². The summed E-state index contributed by atoms with van der Waals surface area (Å²) < 4.78 is 5.51. The number of Topliss-reactive ketones (excluding diaryl/α,β-unsaturated/α-hetero) is 1. The van der Waals surface area contributed by atoms with Gasteiger partial charge in [0.25, 0.3) is 0 Å². The molecule has 152 valence electrons. The van der Waals surface area contributed by atoms with Gasteiger partial charge in [-0.3, -0.25) is 4.79 Å². The highest BCUT2D eigenvalue weighted by Crippen LogP contribution is 2.41. The molecule has 0 heterocycles. The maximum atomic E-state index is 12.0. The van der Waals surface area contributed by atoms with E-state index in [9.17, 15) is 4.79 Å². The molecule has 26 heavy (non-hydrogen) atoms. The predicted molar refractivity (Wildman–Crippen MR) is 113 cm³/mol. The van der Waals surface area contributed by atoms with Gasteiger partial charge in [0.15, 0.2) is 5.78 Å². The molecule has 0 unspecified atom stereocenters. The summed E-state index contributed by atoms with van der Waals surface area (Å²) in [5, 5.41) is 0. The zero-order valence-electron chi connectivity index (χ0n) is 18.1. The second-order valence-electron chi connectivity index (χ2n) is 8.81. The van der Waals surface area contributed by atoms with Gasteiger partial charge in [-0.25, -0.2) is 0 Å². The lowest BCUT2D eigenvalue weighted by Crippen LogP contribution is -2.25. The summed E-state index contributed by atoms with van der Waals surface area (Å²) in [7, 11) is 0. The molecule has 0 amide bonds. The number of allylic oxidation sites excluding steroid dienone is 2. The van der Waals surface area contributed by atoms with Crippen molar-refractivity contribution in [2.75, 3.05) is 13.2 Å². The van der Waals surface area contributed by atoms with Gasteiger partial charge >= 0.3 is 0 Å². The highest BCUT2D eigenvalue weighted by molar-refractivity contribution is 5.96. The molecule has 0 aromatic carbocycles. The van der Waals surface area contributed by atoms with Gasteiger partial charge in [0, 0.05) is 19.6 Å². The standard InChI is InChI=1S/C24H44O2/c1-5-19-26-20-15-13-11-9-7-6-8-10-12-14-16-22-21(2)23(25)17-18-24(22,3)4/h5-20H2,1-4H3. The molecule has 0 aromatic rings. The quantitative estimate of drug-likeness (QED) is 0.283. The van der Waals surface area contributed by atoms with E-state index in [0.29, 0.717) is 5.78 Å². The first kappa shape index (κ1) is 23.4. The average Bonchev–Trinajstić information content (AvgIpc) is 2.61. The number of carbonyl (C=O) groups excluding carboxylic acids is 1. The van der Waals surface area contributed by atoms with Gasteiger partial charge in [-0.2, -0.15) is 0 Å². The van der Waals surface area contributed by atoms with E-state index in [1.165, 1.54) is 69.8 Å². The second-order valence-corrected chi connectivity index (χ2v) is 8.81. The monoisotopic (exact) mass is 364 g/mol. The van der Waals surface area contributed by atoms with Crippen LogP contribution in [0.25, 0.3) is 0 Å². The molecule has 0 saturated heterocycles. The number of ketones is 1. The first-order valence-corrected chi connectivity index (χ1v) is 11.3. The van der Waals surface area contributed by atoms with Gasteiger partial charge in [-0.15, -0.1) is 0 Å². The lowest BCUT2D eigenvalue weighted by Gasteiger charge is -2.34. The maximum Gasteiger partial charge on any atom is 0.158 e. The predicted octanol–water partition coefficient (Wildman–Crippen LogP) is 7.41. The molecule has 0 radical (unpaired) electrons. The van der Waals surface area contributed by atoms with Crippen LogP contribution in [0, 0.1) is 5.41 Å². The molecule has 1 rings (SSSR count). The normalized spacial score (nSPS) is 17.2. The third-order valence-electron chi connectivity index (χ3n) is 5.98. The van der Waals surface area contributed by atoms with Gasteiger partial charge in [-0.05, 0) is 50.0 Å². The fraction of sp³-hybridized carbons (Fsp3) is 0.875. The van der Waals surface area contributed by atoms with Crippen LogP contribution in [-0.2, 0) is 9.53 Å². The fourth-order valence-electron chi connectivity index (χ4n) is 4.13.